The Kier molecular flexibility index (Phi) is 24.2. The smallest absolute Gasteiger partial charge is 0.251 e. The zero-order chi connectivity index (χ0) is 54.2. The maximum absolute atomic E-state index is 13.8. The van der Waals surface area contributed by atoms with E-state index in [2.05, 4.69) is 40.3 Å². The summed E-state index contributed by atoms with van der Waals surface area (Å²) in [5, 5.41) is 119. The molecule has 1 aromatic carbocycles. The van der Waals surface area contributed by atoms with Crippen molar-refractivity contribution in [1.82, 2.24) is 21.3 Å². The number of hydrogen-bond donors (Lipinski definition) is 14. The molecule has 26 heteroatoms. The Morgan fingerprint density at radius 2 is 0.986 bits per heavy atom. The van der Waals surface area contributed by atoms with Crippen molar-refractivity contribution in [3.05, 3.63) is 42.0 Å². The number of allylic oxidation sites excluding steroid dienone is 2. The molecular formula is C48H76N4O22. The number of nitrogens with one attached hydrogen (secondary N) is 4. The molecule has 420 valence electrons. The van der Waals surface area contributed by atoms with Gasteiger partial charge in [-0.1, -0.05) is 44.4 Å². The predicted molar refractivity (Wildman–Crippen MR) is 253 cm³/mol. The van der Waals surface area contributed by atoms with Gasteiger partial charge in [-0.25, -0.2) is 0 Å². The summed E-state index contributed by atoms with van der Waals surface area (Å²) in [6.45, 7) is 2.23. The van der Waals surface area contributed by atoms with E-state index in [1.165, 1.54) is 31.4 Å². The number of amides is 4. The lowest BCUT2D eigenvalue weighted by atomic mass is 9.93. The van der Waals surface area contributed by atoms with Gasteiger partial charge in [0.25, 0.3) is 5.91 Å². The molecule has 0 radical (unpaired) electrons. The van der Waals surface area contributed by atoms with E-state index in [1.807, 2.05) is 0 Å². The monoisotopic (exact) mass is 1060 g/mol. The fraction of sp³-hybridized carbons (Fsp3) is 0.750. The second-order valence-corrected chi connectivity index (χ2v) is 18.7. The van der Waals surface area contributed by atoms with Crippen molar-refractivity contribution in [3.63, 3.8) is 0 Å². The molecule has 5 rings (SSSR count). The number of rotatable bonds is 25. The molecule has 4 heterocycles. The zero-order valence-corrected chi connectivity index (χ0v) is 41.9. The maximum atomic E-state index is 13.8. The molecule has 4 saturated heterocycles. The largest absolute Gasteiger partial charge is 0.494 e. The summed E-state index contributed by atoms with van der Waals surface area (Å²) < 4.78 is 47.4. The minimum Gasteiger partial charge on any atom is -0.494 e. The van der Waals surface area contributed by atoms with Crippen molar-refractivity contribution in [2.75, 3.05) is 33.0 Å². The van der Waals surface area contributed by atoms with Gasteiger partial charge in [0.15, 0.2) is 25.2 Å². The highest BCUT2D eigenvalue weighted by atomic mass is 16.8. The fourth-order valence-electron chi connectivity index (χ4n) is 9.21. The number of hydrogen-bond acceptors (Lipinski definition) is 22. The van der Waals surface area contributed by atoms with Crippen LogP contribution in [0, 0.1) is 0 Å². The topological polar surface area (TPSA) is 393 Å². The summed E-state index contributed by atoms with van der Waals surface area (Å²) in [4.78, 5) is 50.9. The lowest BCUT2D eigenvalue weighted by Gasteiger charge is -2.51. The number of aliphatic hydroxyl groups excluding tert-OH is 10. The molecule has 1 aromatic rings. The van der Waals surface area contributed by atoms with Gasteiger partial charge >= 0.3 is 0 Å². The van der Waals surface area contributed by atoms with Gasteiger partial charge in [-0.15, -0.1) is 0 Å². The zero-order valence-electron chi connectivity index (χ0n) is 41.9. The summed E-state index contributed by atoms with van der Waals surface area (Å²) in [5.74, 6) is -2.58. The summed E-state index contributed by atoms with van der Waals surface area (Å²) in [6.07, 6.45) is -16.1. The number of carbonyl (C=O) groups excluding carboxylic acids is 4. The predicted octanol–water partition coefficient (Wildman–Crippen LogP) is -4.19. The minimum atomic E-state index is -1.94. The molecule has 26 nitrogen and oxygen atoms in total. The van der Waals surface area contributed by atoms with Crippen molar-refractivity contribution in [2.45, 2.75) is 195 Å². The first-order valence-electron chi connectivity index (χ1n) is 25.0. The first-order chi connectivity index (χ1) is 35.4. The Bertz CT molecular complexity index is 1960. The van der Waals surface area contributed by atoms with Crippen LogP contribution in [-0.2, 0) is 47.5 Å². The number of carbonyl (C=O) groups is 4. The van der Waals surface area contributed by atoms with Crippen molar-refractivity contribution >= 4 is 23.6 Å². The molecule has 1 unspecified atom stereocenters. The number of unbranched alkanes of at least 4 members (excludes halogenated alkanes) is 5. The fourth-order valence-corrected chi connectivity index (χ4v) is 9.21. The summed E-state index contributed by atoms with van der Waals surface area (Å²) in [7, 11) is 0. The SMILES string of the molecule is CCCCCC/C=C\CCCOc1cccc(C(=O)N[C@H]2[C@H](O[C@H]3[C@H](O)[C@@H](NC(C)=O)[C@H](O[C@H]4[C@H](O)[C@@H](NC(C)=O)[C@H](O[C@H]5[C@H](O)[C@@H](NC(C)=O)C(O)O[C@@H]5CO)O[C@@H]4CO)O[C@@H]3CO)O[C@H](CO)[C@@H](O)[C@@H]2O)c1. The standard InChI is InChI=1S/C48H76N4O22/c1-5-6-7-8-9-10-11-12-13-17-67-27-16-14-15-26(18-27)44(65)52-33-37(61)36(60)28(19-53)69-46(33)73-42-30(21-55)71-48(35(39(42)63)51-25(4)59)74-43-31(22-56)70-47(34(40(43)64)50-24(3)58)72-41-29(20-54)68-45(66)32(38(41)62)49-23(2)57/h10-11,14-16,18,28-43,45-48,53-56,60-64,66H,5-9,12-13,17,19-22H2,1-4H3,(H,49,57)(H,50,58)(H,51,59)(H,52,65)/b11-10-/t28-,29-,30-,31-,32-,33-,34-,35-,36-,37-,38-,39-,40-,41-,42-,43-,45?,46+,47+,48+/m1/s1. The molecule has 4 fully saturated rings. The molecule has 4 aliphatic heterocycles. The van der Waals surface area contributed by atoms with Crippen LogP contribution < -0.4 is 26.0 Å². The third kappa shape index (κ3) is 16.0. The van der Waals surface area contributed by atoms with Crippen molar-refractivity contribution in [2.24, 2.45) is 0 Å². The molecule has 0 bridgehead atoms. The second kappa shape index (κ2) is 29.5. The molecular weight excluding hydrogens is 985 g/mol. The molecule has 4 aliphatic rings. The highest BCUT2D eigenvalue weighted by Crippen LogP contribution is 2.35. The van der Waals surface area contributed by atoms with Gasteiger partial charge < -0.3 is 110 Å². The van der Waals surface area contributed by atoms with Crippen molar-refractivity contribution < 1.29 is 108 Å². The van der Waals surface area contributed by atoms with Crippen molar-refractivity contribution in [3.8, 4) is 5.75 Å². The minimum absolute atomic E-state index is 0.0817. The first-order valence-corrected chi connectivity index (χ1v) is 25.0. The van der Waals surface area contributed by atoms with E-state index in [0.717, 1.165) is 46.5 Å². The van der Waals surface area contributed by atoms with E-state index in [-0.39, 0.29) is 5.56 Å². The molecule has 0 spiro atoms. The van der Waals surface area contributed by atoms with Crippen LogP contribution >= 0.6 is 0 Å². The van der Waals surface area contributed by atoms with E-state index < -0.39 is 173 Å². The van der Waals surface area contributed by atoms with Crippen LogP contribution in [0.5, 0.6) is 5.75 Å². The third-order valence-electron chi connectivity index (χ3n) is 13.0. The van der Waals surface area contributed by atoms with Crippen LogP contribution in [0.4, 0.5) is 0 Å². The highest BCUT2D eigenvalue weighted by molar-refractivity contribution is 5.94. The van der Waals surface area contributed by atoms with Gasteiger partial charge in [0.1, 0.15) is 103 Å². The number of benzene rings is 1. The van der Waals surface area contributed by atoms with Crippen LogP contribution in [0.2, 0.25) is 0 Å². The van der Waals surface area contributed by atoms with Crippen LogP contribution in [0.3, 0.4) is 0 Å². The summed E-state index contributed by atoms with van der Waals surface area (Å²) in [5.41, 5.74) is 0.0817. The van der Waals surface area contributed by atoms with Crippen LogP contribution in [-0.4, -0.2) is 230 Å². The van der Waals surface area contributed by atoms with Crippen LogP contribution in [0.1, 0.15) is 83.0 Å². The van der Waals surface area contributed by atoms with Crippen LogP contribution in [0.25, 0.3) is 0 Å². The molecule has 74 heavy (non-hydrogen) atoms. The molecule has 0 saturated carbocycles. The first kappa shape index (κ1) is 60.8. The Hall–Kier alpha value is -4.04. The maximum Gasteiger partial charge on any atom is 0.251 e. The average Bonchev–Trinajstić information content (AvgIpc) is 3.36. The van der Waals surface area contributed by atoms with Gasteiger partial charge in [-0.2, -0.15) is 0 Å². The van der Waals surface area contributed by atoms with E-state index in [1.54, 1.807) is 12.1 Å². The average molecular weight is 1060 g/mol. The molecule has 20 atom stereocenters. The van der Waals surface area contributed by atoms with Gasteiger partial charge in [0.2, 0.25) is 17.7 Å². The molecule has 0 aromatic heterocycles. The van der Waals surface area contributed by atoms with Gasteiger partial charge in [0.05, 0.1) is 33.0 Å². The van der Waals surface area contributed by atoms with E-state index in [0.29, 0.717) is 12.4 Å². The Labute approximate surface area is 428 Å². The van der Waals surface area contributed by atoms with Gasteiger partial charge in [-0.3, -0.25) is 19.2 Å². The Morgan fingerprint density at radius 3 is 1.47 bits per heavy atom. The van der Waals surface area contributed by atoms with Gasteiger partial charge in [-0.05, 0) is 43.9 Å². The van der Waals surface area contributed by atoms with Crippen molar-refractivity contribution in [1.29, 1.82) is 0 Å². The molecule has 0 aliphatic carbocycles. The molecule has 14 N–H and O–H groups in total. The second-order valence-electron chi connectivity index (χ2n) is 18.7. The number of aliphatic hydroxyl groups is 10. The Balaban J connectivity index is 1.32. The van der Waals surface area contributed by atoms with E-state index in [4.69, 9.17) is 37.9 Å². The number of ether oxygens (including phenoxy) is 8. The van der Waals surface area contributed by atoms with E-state index >= 15 is 0 Å². The quantitative estimate of drug-likeness (QED) is 0.0326. The Morgan fingerprint density at radius 1 is 0.541 bits per heavy atom. The molecule has 4 amide bonds. The van der Waals surface area contributed by atoms with Gasteiger partial charge in [0, 0.05) is 26.3 Å². The third-order valence-corrected chi connectivity index (χ3v) is 13.0. The summed E-state index contributed by atoms with van der Waals surface area (Å²) >= 11 is 0. The van der Waals surface area contributed by atoms with E-state index in [9.17, 15) is 70.2 Å². The van der Waals surface area contributed by atoms with Crippen LogP contribution in [0.15, 0.2) is 36.4 Å². The highest BCUT2D eigenvalue weighted by Gasteiger charge is 2.56. The summed E-state index contributed by atoms with van der Waals surface area (Å²) in [6, 6.07) is -0.191. The lowest BCUT2D eigenvalue weighted by molar-refractivity contribution is -0.361. The lowest BCUT2D eigenvalue weighted by Crippen LogP contribution is -2.71. The normalized spacial score (nSPS) is 36.5.